The molecule has 3 aromatic rings. The molecule has 3 heterocycles. The molecular formula is C23H23ClN4O2. The van der Waals surface area contributed by atoms with Gasteiger partial charge in [0, 0.05) is 36.8 Å². The molecular weight excluding hydrogens is 400 g/mol. The van der Waals surface area contributed by atoms with Crippen LogP contribution in [0.5, 0.6) is 5.88 Å². The minimum Gasteiger partial charge on any atom is -0.472 e. The van der Waals surface area contributed by atoms with Gasteiger partial charge in [0.15, 0.2) is 5.82 Å². The van der Waals surface area contributed by atoms with E-state index in [1.807, 2.05) is 36.9 Å². The summed E-state index contributed by atoms with van der Waals surface area (Å²) in [4.78, 5) is 28.4. The number of carbonyl (C=O) groups excluding carboxylic acids is 1. The molecule has 6 nitrogen and oxygen atoms in total. The molecule has 2 aromatic heterocycles. The predicted octanol–water partition coefficient (Wildman–Crippen LogP) is 4.57. The lowest BCUT2D eigenvalue weighted by Crippen LogP contribution is -2.51. The first kappa shape index (κ1) is 20.3. The van der Waals surface area contributed by atoms with E-state index in [-0.39, 0.29) is 18.1 Å². The van der Waals surface area contributed by atoms with Crippen LogP contribution in [0.25, 0.3) is 11.4 Å². The topological polar surface area (TPSA) is 68.2 Å². The molecule has 0 bridgehead atoms. The molecule has 4 rings (SSSR count). The van der Waals surface area contributed by atoms with Crippen molar-refractivity contribution >= 4 is 17.5 Å². The number of aromatic nitrogens is 3. The van der Waals surface area contributed by atoms with Crippen LogP contribution >= 0.6 is 11.6 Å². The standard InChI is InChI=1S/C23H23ClN4O2/c1-15-6-3-7-18(21(15)22-25-11-5-12-26-22)23(29)28-13-4-8-19(16(28)2)30-20-10-9-17(24)14-27-20/h3,5-7,9-12,14,16,19H,4,8,13H2,1-2H3/t16-,19+/m0/s1. The maximum atomic E-state index is 13.6. The van der Waals surface area contributed by atoms with E-state index in [9.17, 15) is 4.79 Å². The zero-order chi connectivity index (χ0) is 21.1. The minimum atomic E-state index is -0.141. The summed E-state index contributed by atoms with van der Waals surface area (Å²) in [6.07, 6.45) is 6.52. The lowest BCUT2D eigenvalue weighted by molar-refractivity contribution is 0.0267. The first-order chi connectivity index (χ1) is 14.5. The third kappa shape index (κ3) is 4.14. The average molecular weight is 423 g/mol. The molecule has 30 heavy (non-hydrogen) atoms. The van der Waals surface area contributed by atoms with E-state index >= 15 is 0 Å². The van der Waals surface area contributed by atoms with Crippen LogP contribution in [-0.4, -0.2) is 44.4 Å². The third-order valence-corrected chi connectivity index (χ3v) is 5.67. The molecule has 1 saturated heterocycles. The molecule has 1 aliphatic rings. The fourth-order valence-corrected chi connectivity index (χ4v) is 3.98. The number of piperidine rings is 1. The lowest BCUT2D eigenvalue weighted by Gasteiger charge is -2.39. The van der Waals surface area contributed by atoms with Crippen LogP contribution in [0.15, 0.2) is 55.0 Å². The molecule has 1 fully saturated rings. The van der Waals surface area contributed by atoms with E-state index in [4.69, 9.17) is 16.3 Å². The van der Waals surface area contributed by atoms with E-state index < -0.39 is 0 Å². The molecule has 0 aliphatic carbocycles. The number of amides is 1. The van der Waals surface area contributed by atoms with E-state index in [0.717, 1.165) is 24.0 Å². The van der Waals surface area contributed by atoms with Gasteiger partial charge < -0.3 is 9.64 Å². The molecule has 0 unspecified atom stereocenters. The molecule has 0 N–H and O–H groups in total. The quantitative estimate of drug-likeness (QED) is 0.615. The van der Waals surface area contributed by atoms with E-state index in [0.29, 0.717) is 28.8 Å². The first-order valence-electron chi connectivity index (χ1n) is 10.0. The number of likely N-dealkylation sites (tertiary alicyclic amines) is 1. The number of aryl methyl sites for hydroxylation is 1. The van der Waals surface area contributed by atoms with Crippen LogP contribution in [-0.2, 0) is 0 Å². The number of pyridine rings is 1. The van der Waals surface area contributed by atoms with Crippen LogP contribution in [0, 0.1) is 6.92 Å². The lowest BCUT2D eigenvalue weighted by atomic mass is 9.95. The fourth-order valence-electron chi connectivity index (χ4n) is 3.86. The monoisotopic (exact) mass is 422 g/mol. The van der Waals surface area contributed by atoms with Gasteiger partial charge in [-0.15, -0.1) is 0 Å². The Labute approximate surface area is 180 Å². The average Bonchev–Trinajstić information content (AvgIpc) is 2.76. The second-order valence-electron chi connectivity index (χ2n) is 7.42. The van der Waals surface area contributed by atoms with Crippen LogP contribution in [0.2, 0.25) is 5.02 Å². The molecule has 7 heteroatoms. The summed E-state index contributed by atoms with van der Waals surface area (Å²) in [6, 6.07) is 10.9. The van der Waals surface area contributed by atoms with E-state index in [1.165, 1.54) is 0 Å². The summed E-state index contributed by atoms with van der Waals surface area (Å²) in [6.45, 7) is 4.67. The van der Waals surface area contributed by atoms with Crippen molar-refractivity contribution in [3.63, 3.8) is 0 Å². The highest BCUT2D eigenvalue weighted by atomic mass is 35.5. The largest absolute Gasteiger partial charge is 0.472 e. The van der Waals surface area contributed by atoms with Gasteiger partial charge in [0.05, 0.1) is 16.6 Å². The van der Waals surface area contributed by atoms with Gasteiger partial charge in [-0.05, 0) is 50.5 Å². The highest BCUT2D eigenvalue weighted by Crippen LogP contribution is 2.29. The normalized spacial score (nSPS) is 18.8. The van der Waals surface area contributed by atoms with Crippen molar-refractivity contribution in [3.05, 3.63) is 71.1 Å². The highest BCUT2D eigenvalue weighted by Gasteiger charge is 2.34. The predicted molar refractivity (Wildman–Crippen MR) is 116 cm³/mol. The molecule has 0 radical (unpaired) electrons. The Morgan fingerprint density at radius 3 is 2.67 bits per heavy atom. The van der Waals surface area contributed by atoms with Gasteiger partial charge in [0.25, 0.3) is 5.91 Å². The maximum Gasteiger partial charge on any atom is 0.254 e. The van der Waals surface area contributed by atoms with Crippen LogP contribution in [0.3, 0.4) is 0 Å². The SMILES string of the molecule is Cc1cccc(C(=O)N2CCC[C@@H](Oc3ccc(Cl)cn3)[C@@H]2C)c1-c1ncccn1. The number of nitrogens with zero attached hydrogens (tertiary/aromatic N) is 4. The molecule has 1 aromatic carbocycles. The number of hydrogen-bond acceptors (Lipinski definition) is 5. The number of benzene rings is 1. The Bertz CT molecular complexity index is 1030. The van der Waals surface area contributed by atoms with E-state index in [2.05, 4.69) is 15.0 Å². The molecule has 0 spiro atoms. The number of carbonyl (C=O) groups is 1. The Hall–Kier alpha value is -2.99. The highest BCUT2D eigenvalue weighted by molar-refractivity contribution is 6.30. The fraction of sp³-hybridized carbons (Fsp3) is 0.304. The smallest absolute Gasteiger partial charge is 0.254 e. The first-order valence-corrected chi connectivity index (χ1v) is 10.4. The van der Waals surface area contributed by atoms with Crippen LogP contribution < -0.4 is 4.74 Å². The van der Waals surface area contributed by atoms with Crippen LogP contribution in [0.4, 0.5) is 0 Å². The van der Waals surface area contributed by atoms with E-state index in [1.54, 1.807) is 36.8 Å². The van der Waals surface area contributed by atoms with Gasteiger partial charge in [-0.25, -0.2) is 15.0 Å². The van der Waals surface area contributed by atoms with Gasteiger partial charge in [-0.3, -0.25) is 4.79 Å². The molecule has 154 valence electrons. The number of hydrogen-bond donors (Lipinski definition) is 0. The molecule has 1 aliphatic heterocycles. The Balaban J connectivity index is 1.60. The van der Waals surface area contributed by atoms with Gasteiger partial charge >= 0.3 is 0 Å². The Morgan fingerprint density at radius 2 is 1.93 bits per heavy atom. The minimum absolute atomic E-state index is 0.0361. The zero-order valence-corrected chi connectivity index (χ0v) is 17.7. The van der Waals surface area contributed by atoms with Crippen molar-refractivity contribution in [1.29, 1.82) is 0 Å². The second-order valence-corrected chi connectivity index (χ2v) is 7.86. The van der Waals surface area contributed by atoms with Crippen molar-refractivity contribution in [2.75, 3.05) is 6.54 Å². The van der Waals surface area contributed by atoms with Gasteiger partial charge in [0.1, 0.15) is 6.10 Å². The second kappa shape index (κ2) is 8.79. The van der Waals surface area contributed by atoms with Gasteiger partial charge in [-0.2, -0.15) is 0 Å². The van der Waals surface area contributed by atoms with Crippen molar-refractivity contribution in [2.45, 2.75) is 38.8 Å². The van der Waals surface area contributed by atoms with Crippen LogP contribution in [0.1, 0.15) is 35.7 Å². The molecule has 2 atom stereocenters. The van der Waals surface area contributed by atoms with Gasteiger partial charge in [0.2, 0.25) is 5.88 Å². The summed E-state index contributed by atoms with van der Waals surface area (Å²) >= 11 is 5.91. The van der Waals surface area contributed by atoms with Crippen molar-refractivity contribution in [1.82, 2.24) is 19.9 Å². The molecule has 1 amide bonds. The number of halogens is 1. The summed E-state index contributed by atoms with van der Waals surface area (Å²) in [5, 5.41) is 0.561. The summed E-state index contributed by atoms with van der Waals surface area (Å²) < 4.78 is 6.09. The zero-order valence-electron chi connectivity index (χ0n) is 17.0. The van der Waals surface area contributed by atoms with Crippen molar-refractivity contribution < 1.29 is 9.53 Å². The number of rotatable bonds is 4. The maximum absolute atomic E-state index is 13.6. The molecule has 0 saturated carbocycles. The van der Waals surface area contributed by atoms with Crippen molar-refractivity contribution in [3.8, 4) is 17.3 Å². The Morgan fingerprint density at radius 1 is 1.13 bits per heavy atom. The van der Waals surface area contributed by atoms with Gasteiger partial charge in [-0.1, -0.05) is 23.7 Å². The van der Waals surface area contributed by atoms with Crippen molar-refractivity contribution in [2.24, 2.45) is 0 Å². The third-order valence-electron chi connectivity index (χ3n) is 5.44. The Kier molecular flexibility index (Phi) is 5.95. The summed E-state index contributed by atoms with van der Waals surface area (Å²) in [7, 11) is 0. The summed E-state index contributed by atoms with van der Waals surface area (Å²) in [5.74, 6) is 1.03. The summed E-state index contributed by atoms with van der Waals surface area (Å²) in [5.41, 5.74) is 2.35. The number of ether oxygens (including phenoxy) is 1.